The van der Waals surface area contributed by atoms with Crippen LogP contribution in [0.5, 0.6) is 0 Å². The molecular weight excluding hydrogens is 310 g/mol. The van der Waals surface area contributed by atoms with Crippen molar-refractivity contribution in [1.82, 2.24) is 5.32 Å². The zero-order valence-corrected chi connectivity index (χ0v) is 14.8. The van der Waals surface area contributed by atoms with Gasteiger partial charge in [0, 0.05) is 6.61 Å². The highest BCUT2D eigenvalue weighted by atomic mass is 16.3. The van der Waals surface area contributed by atoms with Crippen LogP contribution in [0.4, 0.5) is 0 Å². The van der Waals surface area contributed by atoms with Gasteiger partial charge in [0.15, 0.2) is 0 Å². The second-order valence-corrected chi connectivity index (χ2v) is 7.08. The van der Waals surface area contributed by atoms with Crippen molar-refractivity contribution in [3.63, 3.8) is 0 Å². The lowest BCUT2D eigenvalue weighted by Gasteiger charge is -2.22. The lowest BCUT2D eigenvalue weighted by Crippen LogP contribution is -2.44. The zero-order chi connectivity index (χ0) is 17.8. The van der Waals surface area contributed by atoms with Gasteiger partial charge in [0.2, 0.25) is 0 Å². The van der Waals surface area contributed by atoms with Gasteiger partial charge in [-0.05, 0) is 12.8 Å². The van der Waals surface area contributed by atoms with Crippen LogP contribution < -0.4 is 5.32 Å². The van der Waals surface area contributed by atoms with E-state index in [4.69, 9.17) is 10.2 Å². The average molecular weight is 347 g/mol. The summed E-state index contributed by atoms with van der Waals surface area (Å²) in [6.07, 6.45) is 9.21. The van der Waals surface area contributed by atoms with Gasteiger partial charge in [0.1, 0.15) is 0 Å². The number of hydrogen-bond donors (Lipinski definition) is 6. The predicted molar refractivity (Wildman–Crippen MR) is 93.7 cm³/mol. The average Bonchev–Trinajstić information content (AvgIpc) is 2.87. The number of unbranched alkanes of at least 4 members (excludes halogenated alkanes) is 9. The molecule has 24 heavy (non-hydrogen) atoms. The quantitative estimate of drug-likeness (QED) is 0.258. The normalized spacial score (nSPS) is 28.4. The number of rotatable bonds is 14. The summed E-state index contributed by atoms with van der Waals surface area (Å²) in [5.41, 5.74) is 0. The van der Waals surface area contributed by atoms with Crippen LogP contribution in [0.2, 0.25) is 0 Å². The third-order valence-corrected chi connectivity index (χ3v) is 5.06. The molecule has 0 unspecified atom stereocenters. The van der Waals surface area contributed by atoms with E-state index in [9.17, 15) is 15.3 Å². The van der Waals surface area contributed by atoms with Crippen LogP contribution in [-0.4, -0.2) is 69.1 Å². The molecule has 6 N–H and O–H groups in total. The summed E-state index contributed by atoms with van der Waals surface area (Å²) in [5, 5.41) is 50.5. The van der Waals surface area contributed by atoms with Crippen LogP contribution in [0.3, 0.4) is 0 Å². The Bertz CT molecular complexity index is 305. The van der Waals surface area contributed by atoms with Gasteiger partial charge in [-0.25, -0.2) is 0 Å². The largest absolute Gasteiger partial charge is 0.396 e. The van der Waals surface area contributed by atoms with Gasteiger partial charge in [-0.3, -0.25) is 0 Å². The standard InChI is InChI=1S/C18H37NO5/c20-12-10-8-6-4-2-1-3-5-7-9-11-15(22)16-18(24)17(23)14(13-21)19-16/h14-24H,1-13H2/t14-,15-,16-,17-,18-/m0/s1. The molecule has 1 heterocycles. The maximum absolute atomic E-state index is 10.2. The Balaban J connectivity index is 1.97. The van der Waals surface area contributed by atoms with Gasteiger partial charge in [0.25, 0.3) is 0 Å². The van der Waals surface area contributed by atoms with Crippen LogP contribution in [0, 0.1) is 0 Å². The molecule has 1 aliphatic rings. The Kier molecular flexibility index (Phi) is 11.8. The Labute approximate surface area is 145 Å². The van der Waals surface area contributed by atoms with E-state index in [0.29, 0.717) is 13.0 Å². The van der Waals surface area contributed by atoms with Crippen molar-refractivity contribution in [2.24, 2.45) is 0 Å². The van der Waals surface area contributed by atoms with E-state index in [1.54, 1.807) is 0 Å². The molecule has 0 radical (unpaired) electrons. The molecule has 0 bridgehead atoms. The van der Waals surface area contributed by atoms with Crippen molar-refractivity contribution in [2.75, 3.05) is 13.2 Å². The summed E-state index contributed by atoms with van der Waals surface area (Å²) >= 11 is 0. The third-order valence-electron chi connectivity index (χ3n) is 5.06. The minimum absolute atomic E-state index is 0.249. The Morgan fingerprint density at radius 2 is 1.21 bits per heavy atom. The second kappa shape index (κ2) is 13.0. The fourth-order valence-corrected chi connectivity index (χ4v) is 3.45. The third kappa shape index (κ3) is 7.76. The lowest BCUT2D eigenvalue weighted by molar-refractivity contribution is -0.00443. The molecule has 144 valence electrons. The van der Waals surface area contributed by atoms with Crippen molar-refractivity contribution in [1.29, 1.82) is 0 Å². The molecular formula is C18H37NO5. The minimum atomic E-state index is -1.03. The van der Waals surface area contributed by atoms with E-state index in [-0.39, 0.29) is 6.61 Å². The first-order chi connectivity index (χ1) is 11.6. The molecule has 0 aromatic rings. The van der Waals surface area contributed by atoms with E-state index in [2.05, 4.69) is 5.32 Å². The van der Waals surface area contributed by atoms with Crippen LogP contribution in [-0.2, 0) is 0 Å². The molecule has 1 rings (SSSR count). The van der Waals surface area contributed by atoms with Crippen LogP contribution in [0.15, 0.2) is 0 Å². The maximum Gasteiger partial charge on any atom is 0.0993 e. The first-order valence-electron chi connectivity index (χ1n) is 9.63. The molecule has 0 aliphatic carbocycles. The molecule has 0 aromatic carbocycles. The monoisotopic (exact) mass is 347 g/mol. The maximum atomic E-state index is 10.2. The van der Waals surface area contributed by atoms with E-state index >= 15 is 0 Å². The molecule has 0 amide bonds. The van der Waals surface area contributed by atoms with Gasteiger partial charge in [0.05, 0.1) is 37.0 Å². The van der Waals surface area contributed by atoms with Crippen LogP contribution in [0.1, 0.15) is 70.6 Å². The Morgan fingerprint density at radius 3 is 1.67 bits per heavy atom. The Morgan fingerprint density at radius 1 is 0.708 bits per heavy atom. The van der Waals surface area contributed by atoms with Gasteiger partial charge in [-0.2, -0.15) is 0 Å². The fraction of sp³-hybridized carbons (Fsp3) is 1.00. The summed E-state index contributed by atoms with van der Waals surface area (Å²) in [6.45, 7) is 0.0559. The lowest BCUT2D eigenvalue weighted by atomic mass is 9.98. The highest BCUT2D eigenvalue weighted by molar-refractivity contribution is 5.00. The van der Waals surface area contributed by atoms with Crippen molar-refractivity contribution in [3.05, 3.63) is 0 Å². The SMILES string of the molecule is OCCCCCCCCCCCC[C@H](O)[C@@H]1N[C@@H](CO)[C@H](O)[C@H]1O. The molecule has 1 fully saturated rings. The first kappa shape index (κ1) is 21.8. The van der Waals surface area contributed by atoms with E-state index < -0.39 is 30.4 Å². The number of nitrogens with one attached hydrogen (secondary N) is 1. The molecule has 5 atom stereocenters. The van der Waals surface area contributed by atoms with Crippen molar-refractivity contribution in [2.45, 2.75) is 101 Å². The Hall–Kier alpha value is -0.240. The topological polar surface area (TPSA) is 113 Å². The molecule has 6 heteroatoms. The van der Waals surface area contributed by atoms with E-state index in [0.717, 1.165) is 32.1 Å². The van der Waals surface area contributed by atoms with Crippen molar-refractivity contribution < 1.29 is 25.5 Å². The molecule has 0 spiro atoms. The first-order valence-corrected chi connectivity index (χ1v) is 9.63. The summed E-state index contributed by atoms with van der Waals surface area (Å²) < 4.78 is 0. The van der Waals surface area contributed by atoms with Gasteiger partial charge < -0.3 is 30.8 Å². The highest BCUT2D eigenvalue weighted by Crippen LogP contribution is 2.20. The van der Waals surface area contributed by atoms with Gasteiger partial charge in [-0.15, -0.1) is 0 Å². The number of hydrogen-bond acceptors (Lipinski definition) is 6. The van der Waals surface area contributed by atoms with E-state index in [1.165, 1.54) is 32.1 Å². The van der Waals surface area contributed by atoms with E-state index in [1.807, 2.05) is 0 Å². The van der Waals surface area contributed by atoms with Crippen molar-refractivity contribution in [3.8, 4) is 0 Å². The van der Waals surface area contributed by atoms with Crippen LogP contribution in [0.25, 0.3) is 0 Å². The van der Waals surface area contributed by atoms with Gasteiger partial charge in [-0.1, -0.05) is 57.8 Å². The molecule has 1 aliphatic heterocycles. The molecule has 0 saturated carbocycles. The minimum Gasteiger partial charge on any atom is -0.396 e. The number of aliphatic hydroxyl groups is 5. The van der Waals surface area contributed by atoms with Crippen LogP contribution >= 0.6 is 0 Å². The summed E-state index contributed by atoms with van der Waals surface area (Å²) in [4.78, 5) is 0. The molecule has 1 saturated heterocycles. The summed E-state index contributed by atoms with van der Waals surface area (Å²) in [6, 6.07) is -1.12. The van der Waals surface area contributed by atoms with Gasteiger partial charge >= 0.3 is 0 Å². The molecule has 0 aromatic heterocycles. The summed E-state index contributed by atoms with van der Waals surface area (Å²) in [5.74, 6) is 0. The predicted octanol–water partition coefficient (Wildman–Crippen LogP) is 0.685. The second-order valence-electron chi connectivity index (χ2n) is 7.08. The fourth-order valence-electron chi connectivity index (χ4n) is 3.45. The summed E-state index contributed by atoms with van der Waals surface area (Å²) in [7, 11) is 0. The number of aliphatic hydroxyl groups excluding tert-OH is 5. The highest BCUT2D eigenvalue weighted by Gasteiger charge is 2.43. The molecule has 6 nitrogen and oxygen atoms in total. The zero-order valence-electron chi connectivity index (χ0n) is 14.8. The smallest absolute Gasteiger partial charge is 0.0993 e. The van der Waals surface area contributed by atoms with Crippen molar-refractivity contribution >= 4 is 0 Å².